The van der Waals surface area contributed by atoms with Crippen LogP contribution in [0, 0.1) is 11.3 Å². The molecular weight excluding hydrogens is 256 g/mol. The summed E-state index contributed by atoms with van der Waals surface area (Å²) in [5.41, 5.74) is 4.32. The van der Waals surface area contributed by atoms with E-state index in [0.29, 0.717) is 5.92 Å². The third-order valence-corrected chi connectivity index (χ3v) is 5.95. The first kappa shape index (κ1) is 13.3. The van der Waals surface area contributed by atoms with Crippen LogP contribution in [-0.2, 0) is 12.8 Å². The summed E-state index contributed by atoms with van der Waals surface area (Å²) in [5, 5.41) is 13.8. The van der Waals surface area contributed by atoms with E-state index in [9.17, 15) is 5.11 Å². The van der Waals surface area contributed by atoms with E-state index >= 15 is 0 Å². The number of rotatable bonds is 2. The van der Waals surface area contributed by atoms with Crippen LogP contribution in [0.4, 0.5) is 0 Å². The lowest BCUT2D eigenvalue weighted by Crippen LogP contribution is -2.24. The van der Waals surface area contributed by atoms with Crippen molar-refractivity contribution in [2.75, 3.05) is 0 Å². The van der Waals surface area contributed by atoms with E-state index in [0.717, 1.165) is 24.8 Å². The Morgan fingerprint density at radius 3 is 2.57 bits per heavy atom. The van der Waals surface area contributed by atoms with E-state index < -0.39 is 0 Å². The van der Waals surface area contributed by atoms with Crippen molar-refractivity contribution in [2.45, 2.75) is 52.1 Å². The van der Waals surface area contributed by atoms with Crippen LogP contribution < -0.4 is 0 Å². The van der Waals surface area contributed by atoms with E-state index in [-0.39, 0.29) is 11.5 Å². The van der Waals surface area contributed by atoms with E-state index in [1.165, 1.54) is 34.7 Å². The van der Waals surface area contributed by atoms with E-state index in [1.54, 1.807) is 0 Å². The van der Waals surface area contributed by atoms with Gasteiger partial charge < -0.3 is 5.11 Å². The smallest absolute Gasteiger partial charge is 0.0829 e. The lowest BCUT2D eigenvalue weighted by atomic mass is 9.76. The average molecular weight is 280 g/mol. The molecule has 21 heavy (non-hydrogen) atoms. The first-order valence-corrected chi connectivity index (χ1v) is 8.29. The Morgan fingerprint density at radius 1 is 1.10 bits per heavy atom. The van der Waals surface area contributed by atoms with Gasteiger partial charge in [0.2, 0.25) is 0 Å². The second-order valence-electron chi connectivity index (χ2n) is 7.59. The van der Waals surface area contributed by atoms with Crippen LogP contribution in [0.5, 0.6) is 0 Å². The van der Waals surface area contributed by atoms with Gasteiger partial charge in [-0.15, -0.1) is 0 Å². The third-order valence-electron chi connectivity index (χ3n) is 5.95. The molecule has 0 aromatic heterocycles. The minimum absolute atomic E-state index is 0.252. The molecule has 1 N–H and O–H groups in total. The predicted molar refractivity (Wildman–Crippen MR) is 87.4 cm³/mol. The number of aliphatic hydroxyl groups is 1. The van der Waals surface area contributed by atoms with Gasteiger partial charge in [-0.05, 0) is 64.5 Å². The summed E-state index contributed by atoms with van der Waals surface area (Å²) in [6.45, 7) is 4.63. The number of hydrogen-bond acceptors (Lipinski definition) is 1. The van der Waals surface area contributed by atoms with Crippen molar-refractivity contribution in [2.24, 2.45) is 11.3 Å². The largest absolute Gasteiger partial charge is 0.388 e. The minimum atomic E-state index is -0.326. The Bertz CT molecular complexity index is 688. The molecule has 2 aromatic rings. The highest BCUT2D eigenvalue weighted by Crippen LogP contribution is 2.50. The molecular formula is C20H24O. The van der Waals surface area contributed by atoms with Crippen molar-refractivity contribution >= 4 is 10.8 Å². The van der Waals surface area contributed by atoms with Crippen LogP contribution in [0.3, 0.4) is 0 Å². The predicted octanol–water partition coefficient (Wildman–Crippen LogP) is 4.80. The third kappa shape index (κ3) is 1.94. The van der Waals surface area contributed by atoms with E-state index in [4.69, 9.17) is 0 Å². The molecule has 0 saturated heterocycles. The van der Waals surface area contributed by atoms with E-state index in [2.05, 4.69) is 44.2 Å². The van der Waals surface area contributed by atoms with Crippen LogP contribution in [-0.4, -0.2) is 5.11 Å². The number of aryl methyl sites for hydroxylation is 2. The maximum absolute atomic E-state index is 11.1. The van der Waals surface area contributed by atoms with Gasteiger partial charge in [-0.3, -0.25) is 0 Å². The summed E-state index contributed by atoms with van der Waals surface area (Å²) in [7, 11) is 0. The van der Waals surface area contributed by atoms with Gasteiger partial charge in [0.05, 0.1) is 6.10 Å². The zero-order valence-corrected chi connectivity index (χ0v) is 13.0. The lowest BCUT2D eigenvalue weighted by molar-refractivity contribution is 0.0542. The highest BCUT2D eigenvalue weighted by molar-refractivity contribution is 5.93. The molecule has 0 radical (unpaired) electrons. The SMILES string of the molecule is CC1(C)CCCC1C(O)c1ccc2c3c(cccc13)CC2. The maximum atomic E-state index is 11.1. The summed E-state index contributed by atoms with van der Waals surface area (Å²) in [5.74, 6) is 0.385. The Hall–Kier alpha value is -1.34. The van der Waals surface area contributed by atoms with Crippen LogP contribution in [0.1, 0.15) is 55.9 Å². The fraction of sp³-hybridized carbons (Fsp3) is 0.500. The zero-order valence-electron chi connectivity index (χ0n) is 13.0. The van der Waals surface area contributed by atoms with Crippen LogP contribution in [0.25, 0.3) is 10.8 Å². The Balaban J connectivity index is 1.85. The van der Waals surface area contributed by atoms with Gasteiger partial charge in [0.15, 0.2) is 0 Å². The molecule has 1 saturated carbocycles. The van der Waals surface area contributed by atoms with Gasteiger partial charge in [-0.1, -0.05) is 50.6 Å². The molecule has 1 heteroatoms. The van der Waals surface area contributed by atoms with Crippen LogP contribution in [0.15, 0.2) is 30.3 Å². The van der Waals surface area contributed by atoms with Gasteiger partial charge in [0.25, 0.3) is 0 Å². The Kier molecular flexibility index (Phi) is 2.91. The molecule has 1 fully saturated rings. The molecule has 110 valence electrons. The quantitative estimate of drug-likeness (QED) is 0.838. The average Bonchev–Trinajstić information content (AvgIpc) is 3.03. The summed E-state index contributed by atoms with van der Waals surface area (Å²) >= 11 is 0. The molecule has 0 aliphatic heterocycles. The van der Waals surface area contributed by atoms with Gasteiger partial charge in [0.1, 0.15) is 0 Å². The van der Waals surface area contributed by atoms with E-state index in [1.807, 2.05) is 0 Å². The van der Waals surface area contributed by atoms with Gasteiger partial charge in [-0.25, -0.2) is 0 Å². The first-order valence-electron chi connectivity index (χ1n) is 8.29. The molecule has 1 nitrogen and oxygen atoms in total. The standard InChI is InChI=1S/C20H24O/c1-20(2)12-4-7-17(20)19(21)16-11-10-14-9-8-13-5-3-6-15(16)18(13)14/h3,5-6,10-11,17,19,21H,4,7-9,12H2,1-2H3. The highest BCUT2D eigenvalue weighted by atomic mass is 16.3. The van der Waals surface area contributed by atoms with Crippen molar-refractivity contribution in [3.05, 3.63) is 47.0 Å². The summed E-state index contributed by atoms with van der Waals surface area (Å²) in [4.78, 5) is 0. The number of hydrogen-bond donors (Lipinski definition) is 1. The second kappa shape index (κ2) is 4.58. The number of benzene rings is 2. The first-order chi connectivity index (χ1) is 10.1. The normalized spacial score (nSPS) is 24.6. The fourth-order valence-corrected chi connectivity index (χ4v) is 4.68. The molecule has 0 heterocycles. The maximum Gasteiger partial charge on any atom is 0.0829 e. The van der Waals surface area contributed by atoms with Crippen molar-refractivity contribution < 1.29 is 5.11 Å². The highest BCUT2D eigenvalue weighted by Gasteiger charge is 2.40. The summed E-state index contributed by atoms with van der Waals surface area (Å²) in [6.07, 6.45) is 5.61. The molecule has 0 amide bonds. The van der Waals surface area contributed by atoms with Gasteiger partial charge in [0, 0.05) is 0 Å². The second-order valence-corrected chi connectivity index (χ2v) is 7.59. The molecule has 2 aliphatic carbocycles. The topological polar surface area (TPSA) is 20.2 Å². The van der Waals surface area contributed by atoms with Gasteiger partial charge in [-0.2, -0.15) is 0 Å². The number of aliphatic hydroxyl groups excluding tert-OH is 1. The van der Waals surface area contributed by atoms with Crippen LogP contribution >= 0.6 is 0 Å². The minimum Gasteiger partial charge on any atom is -0.388 e. The fourth-order valence-electron chi connectivity index (χ4n) is 4.68. The zero-order chi connectivity index (χ0) is 14.6. The molecule has 2 unspecified atom stereocenters. The van der Waals surface area contributed by atoms with Crippen molar-refractivity contribution in [3.63, 3.8) is 0 Å². The van der Waals surface area contributed by atoms with Crippen molar-refractivity contribution in [1.29, 1.82) is 0 Å². The Morgan fingerprint density at radius 2 is 1.86 bits per heavy atom. The Labute approximate surface area is 127 Å². The molecule has 2 aliphatic rings. The molecule has 0 spiro atoms. The molecule has 2 atom stereocenters. The van der Waals surface area contributed by atoms with Crippen molar-refractivity contribution in [3.8, 4) is 0 Å². The monoisotopic (exact) mass is 280 g/mol. The molecule has 2 aromatic carbocycles. The summed E-state index contributed by atoms with van der Waals surface area (Å²) in [6, 6.07) is 11.0. The van der Waals surface area contributed by atoms with Crippen molar-refractivity contribution in [1.82, 2.24) is 0 Å². The summed E-state index contributed by atoms with van der Waals surface area (Å²) < 4.78 is 0. The molecule has 0 bridgehead atoms. The van der Waals surface area contributed by atoms with Gasteiger partial charge >= 0.3 is 0 Å². The van der Waals surface area contributed by atoms with Crippen LogP contribution in [0.2, 0.25) is 0 Å². The molecule has 4 rings (SSSR count). The lowest BCUT2D eigenvalue weighted by Gasteiger charge is -2.32.